The Kier molecular flexibility index (Phi) is 6.82. The Morgan fingerprint density at radius 1 is 1.29 bits per heavy atom. The summed E-state index contributed by atoms with van der Waals surface area (Å²) in [5.74, 6) is 0.417. The molecule has 1 spiro atoms. The molecule has 0 saturated heterocycles. The van der Waals surface area contributed by atoms with Crippen molar-refractivity contribution in [2.24, 2.45) is 11.8 Å². The number of allylic oxidation sites excluding steroid dienone is 1. The average Bonchev–Trinajstić information content (AvgIpc) is 2.97. The highest BCUT2D eigenvalue weighted by Crippen LogP contribution is 2.46. The number of hydrogen-bond acceptors (Lipinski definition) is 4. The molecule has 2 aromatic carbocycles. The van der Waals surface area contributed by atoms with Crippen molar-refractivity contribution in [1.82, 2.24) is 0 Å². The lowest BCUT2D eigenvalue weighted by atomic mass is 9.68. The molecule has 0 amide bonds. The molecule has 1 saturated carbocycles. The molecule has 2 N–H and O–H groups in total. The van der Waals surface area contributed by atoms with Crippen LogP contribution in [0.4, 0.5) is 5.69 Å². The predicted molar refractivity (Wildman–Crippen MR) is 139 cm³/mol. The molecule has 5 rings (SSSR count). The van der Waals surface area contributed by atoms with Crippen LogP contribution < -0.4 is 9.64 Å². The van der Waals surface area contributed by atoms with E-state index in [-0.39, 0.29) is 23.0 Å². The Labute approximate surface area is 212 Å². The van der Waals surface area contributed by atoms with Gasteiger partial charge in [0.1, 0.15) is 5.75 Å². The van der Waals surface area contributed by atoms with Gasteiger partial charge in [-0.25, -0.2) is 4.79 Å². The molecule has 3 aliphatic rings. The minimum Gasteiger partial charge on any atom is -0.490 e. The number of carboxylic acids is 1. The number of halogens is 1. The van der Waals surface area contributed by atoms with Gasteiger partial charge in [0.2, 0.25) is 0 Å². The molecule has 1 heterocycles. The minimum absolute atomic E-state index is 0.193. The number of carboxylic acid groups (broad SMARTS) is 1. The van der Waals surface area contributed by atoms with Crippen LogP contribution in [0.5, 0.6) is 5.75 Å². The second-order valence-electron chi connectivity index (χ2n) is 10.5. The van der Waals surface area contributed by atoms with Gasteiger partial charge in [-0.3, -0.25) is 0 Å². The molecular weight excluding hydrogens is 462 g/mol. The van der Waals surface area contributed by atoms with E-state index in [0.29, 0.717) is 12.5 Å². The molecule has 0 aromatic heterocycles. The molecule has 2 aromatic rings. The molecule has 4 atom stereocenters. The van der Waals surface area contributed by atoms with Gasteiger partial charge in [0.05, 0.1) is 24.0 Å². The van der Waals surface area contributed by atoms with Gasteiger partial charge >= 0.3 is 5.97 Å². The molecule has 2 unspecified atom stereocenters. The molecule has 0 radical (unpaired) electrons. The van der Waals surface area contributed by atoms with E-state index in [1.165, 1.54) is 11.1 Å². The van der Waals surface area contributed by atoms with Crippen molar-refractivity contribution in [3.63, 3.8) is 0 Å². The van der Waals surface area contributed by atoms with Crippen LogP contribution in [0.2, 0.25) is 5.02 Å². The smallest absolute Gasteiger partial charge is 0.335 e. The van der Waals surface area contributed by atoms with Gasteiger partial charge in [0, 0.05) is 23.5 Å². The summed E-state index contributed by atoms with van der Waals surface area (Å²) in [4.78, 5) is 14.1. The van der Waals surface area contributed by atoms with Crippen molar-refractivity contribution in [2.45, 2.75) is 56.5 Å². The normalized spacial score (nSPS) is 26.1. The number of aliphatic hydroxyl groups excluding tert-OH is 1. The zero-order chi connectivity index (χ0) is 24.6. The number of anilines is 1. The highest BCUT2D eigenvalue weighted by molar-refractivity contribution is 6.30. The lowest BCUT2D eigenvalue weighted by Gasteiger charge is -2.45. The highest BCUT2D eigenvalue weighted by atomic mass is 35.5. The van der Waals surface area contributed by atoms with Gasteiger partial charge in [0.15, 0.2) is 0 Å². The average molecular weight is 496 g/mol. The third-order valence-corrected chi connectivity index (χ3v) is 8.61. The first-order valence-corrected chi connectivity index (χ1v) is 13.1. The van der Waals surface area contributed by atoms with Crippen molar-refractivity contribution in [3.05, 3.63) is 70.8 Å². The SMILES string of the molecule is C=CCCC(O)[C@@H]1CC[C@H]1CN1CC2(CCCc3cc(Cl)ccc32)COc2ccc(C(=O)O)cc21. The van der Waals surface area contributed by atoms with Gasteiger partial charge in [-0.05, 0) is 98.2 Å². The largest absolute Gasteiger partial charge is 0.490 e. The van der Waals surface area contributed by atoms with Crippen molar-refractivity contribution >= 4 is 23.3 Å². The van der Waals surface area contributed by atoms with Crippen LogP contribution in [-0.4, -0.2) is 42.0 Å². The fourth-order valence-electron chi connectivity index (χ4n) is 6.36. The number of aryl methyl sites for hydroxylation is 1. The second-order valence-corrected chi connectivity index (χ2v) is 11.0. The standard InChI is InChI=1S/C29H34ClNO4/c1-2-3-6-26(32)23-10-7-21(23)16-31-17-29(13-4-5-19-14-22(30)9-11-24(19)29)18-35-27-12-8-20(28(33)34)15-25(27)31/h2,8-9,11-12,14-15,21,23,26,32H,1,3-7,10,13,16-18H2,(H,33,34)/t21-,23+,26?,29?/m0/s1. The number of aliphatic hydroxyl groups is 1. The third kappa shape index (κ3) is 4.68. The van der Waals surface area contributed by atoms with Crippen LogP contribution in [0, 0.1) is 11.8 Å². The van der Waals surface area contributed by atoms with Crippen molar-refractivity contribution < 1.29 is 19.7 Å². The molecule has 1 aliphatic heterocycles. The lowest BCUT2D eigenvalue weighted by molar-refractivity contribution is 0.0112. The number of nitrogens with zero attached hydrogens (tertiary/aromatic N) is 1. The third-order valence-electron chi connectivity index (χ3n) is 8.38. The fraction of sp³-hybridized carbons (Fsp3) is 0.483. The summed E-state index contributed by atoms with van der Waals surface area (Å²) in [6.07, 6.45) is 8.27. The van der Waals surface area contributed by atoms with E-state index in [1.807, 2.05) is 12.1 Å². The topological polar surface area (TPSA) is 70.0 Å². The Hall–Kier alpha value is -2.50. The van der Waals surface area contributed by atoms with E-state index in [0.717, 1.165) is 74.5 Å². The summed E-state index contributed by atoms with van der Waals surface area (Å²) in [5, 5.41) is 21.2. The first-order chi connectivity index (χ1) is 16.9. The first-order valence-electron chi connectivity index (χ1n) is 12.7. The van der Waals surface area contributed by atoms with Crippen molar-refractivity contribution in [3.8, 4) is 5.75 Å². The predicted octanol–water partition coefficient (Wildman–Crippen LogP) is 5.86. The van der Waals surface area contributed by atoms with E-state index < -0.39 is 5.97 Å². The van der Waals surface area contributed by atoms with Crippen LogP contribution >= 0.6 is 11.6 Å². The number of rotatable bonds is 7. The lowest BCUT2D eigenvalue weighted by Crippen LogP contribution is -2.49. The van der Waals surface area contributed by atoms with Gasteiger partial charge in [-0.15, -0.1) is 6.58 Å². The zero-order valence-electron chi connectivity index (χ0n) is 20.1. The van der Waals surface area contributed by atoms with Crippen LogP contribution in [0.3, 0.4) is 0 Å². The summed E-state index contributed by atoms with van der Waals surface area (Å²) in [6.45, 7) is 5.87. The molecule has 5 nitrogen and oxygen atoms in total. The maximum absolute atomic E-state index is 11.8. The van der Waals surface area contributed by atoms with E-state index in [1.54, 1.807) is 18.2 Å². The van der Waals surface area contributed by atoms with Gasteiger partial charge < -0.3 is 19.8 Å². The fourth-order valence-corrected chi connectivity index (χ4v) is 6.56. The van der Waals surface area contributed by atoms with Gasteiger partial charge in [-0.2, -0.15) is 0 Å². The molecular formula is C29H34ClNO4. The highest BCUT2D eigenvalue weighted by Gasteiger charge is 2.44. The number of ether oxygens (including phenoxy) is 1. The molecule has 0 bridgehead atoms. The monoisotopic (exact) mass is 495 g/mol. The Morgan fingerprint density at radius 3 is 2.89 bits per heavy atom. The first kappa shape index (κ1) is 24.2. The molecule has 35 heavy (non-hydrogen) atoms. The number of carbonyl (C=O) groups is 1. The summed E-state index contributed by atoms with van der Waals surface area (Å²) >= 11 is 6.33. The summed E-state index contributed by atoms with van der Waals surface area (Å²) < 4.78 is 6.43. The molecule has 186 valence electrons. The molecule has 1 fully saturated rings. The minimum atomic E-state index is -0.939. The van der Waals surface area contributed by atoms with Crippen molar-refractivity contribution in [2.75, 3.05) is 24.6 Å². The zero-order valence-corrected chi connectivity index (χ0v) is 20.8. The van der Waals surface area contributed by atoms with Crippen LogP contribution in [0.25, 0.3) is 0 Å². The Bertz CT molecular complexity index is 1120. The van der Waals surface area contributed by atoms with E-state index in [2.05, 4.69) is 23.6 Å². The summed E-state index contributed by atoms with van der Waals surface area (Å²) in [7, 11) is 0. The van der Waals surface area contributed by atoms with E-state index in [9.17, 15) is 15.0 Å². The van der Waals surface area contributed by atoms with Gasteiger partial charge in [-0.1, -0.05) is 23.7 Å². The summed E-state index contributed by atoms with van der Waals surface area (Å²) in [5.41, 5.74) is 3.49. The second kappa shape index (κ2) is 9.87. The van der Waals surface area contributed by atoms with E-state index in [4.69, 9.17) is 16.3 Å². The molecule has 6 heteroatoms. The Balaban J connectivity index is 1.50. The van der Waals surface area contributed by atoms with Gasteiger partial charge in [0.25, 0.3) is 0 Å². The van der Waals surface area contributed by atoms with Crippen LogP contribution in [-0.2, 0) is 11.8 Å². The van der Waals surface area contributed by atoms with E-state index >= 15 is 0 Å². The Morgan fingerprint density at radius 2 is 2.14 bits per heavy atom. The number of aromatic carboxylic acids is 1. The number of fused-ring (bicyclic) bond motifs is 3. The number of hydrogen-bond donors (Lipinski definition) is 2. The van der Waals surface area contributed by atoms with Crippen molar-refractivity contribution in [1.29, 1.82) is 0 Å². The van der Waals surface area contributed by atoms with Crippen LogP contribution in [0.15, 0.2) is 49.1 Å². The van der Waals surface area contributed by atoms with Crippen LogP contribution in [0.1, 0.15) is 60.0 Å². The number of benzene rings is 2. The summed E-state index contributed by atoms with van der Waals surface area (Å²) in [6, 6.07) is 11.4. The maximum atomic E-state index is 11.8. The maximum Gasteiger partial charge on any atom is 0.335 e. The molecule has 2 aliphatic carbocycles. The quantitative estimate of drug-likeness (QED) is 0.470.